The predicted molar refractivity (Wildman–Crippen MR) is 136 cm³/mol. The van der Waals surface area contributed by atoms with E-state index in [0.717, 1.165) is 54.0 Å². The molecule has 1 aromatic carbocycles. The number of ether oxygens (including phenoxy) is 1. The second kappa shape index (κ2) is 12.3. The number of aliphatic hydroxyl groups is 1. The lowest BCUT2D eigenvalue weighted by Crippen LogP contribution is -2.25. The van der Waals surface area contributed by atoms with Crippen molar-refractivity contribution < 1.29 is 14.6 Å². The first-order valence-corrected chi connectivity index (χ1v) is 12.5. The summed E-state index contributed by atoms with van der Waals surface area (Å²) in [5.74, 6) is 1.95. The van der Waals surface area contributed by atoms with Gasteiger partial charge in [-0.1, -0.05) is 19.3 Å². The van der Waals surface area contributed by atoms with Crippen molar-refractivity contribution in [1.82, 2.24) is 25.3 Å². The molecule has 2 heterocycles. The van der Waals surface area contributed by atoms with E-state index in [1.165, 1.54) is 19.3 Å². The van der Waals surface area contributed by atoms with Gasteiger partial charge in [0, 0.05) is 24.7 Å². The van der Waals surface area contributed by atoms with E-state index in [2.05, 4.69) is 30.9 Å². The van der Waals surface area contributed by atoms with Gasteiger partial charge in [-0.05, 0) is 56.4 Å². The van der Waals surface area contributed by atoms with Crippen molar-refractivity contribution in [1.29, 1.82) is 0 Å². The highest BCUT2D eigenvalue weighted by molar-refractivity contribution is 5.84. The summed E-state index contributed by atoms with van der Waals surface area (Å²) in [6.07, 6.45) is 9.54. The number of hydrogen-bond donors (Lipinski definition) is 5. The van der Waals surface area contributed by atoms with E-state index in [4.69, 9.17) is 14.8 Å². The molecule has 2 aromatic heterocycles. The van der Waals surface area contributed by atoms with Gasteiger partial charge in [0.1, 0.15) is 11.3 Å². The van der Waals surface area contributed by atoms with E-state index in [1.807, 2.05) is 25.1 Å². The number of imidazole rings is 1. The van der Waals surface area contributed by atoms with Crippen LogP contribution in [0.3, 0.4) is 0 Å². The number of H-pyrrole nitrogens is 1. The van der Waals surface area contributed by atoms with Gasteiger partial charge in [0.2, 0.25) is 11.9 Å². The van der Waals surface area contributed by atoms with Gasteiger partial charge in [-0.15, -0.1) is 0 Å². The number of aryl methyl sites for hydroxylation is 1. The molecule has 0 atom stereocenters. The molecule has 1 saturated carbocycles. The Labute approximate surface area is 205 Å². The number of aromatic amines is 1. The smallest absolute Gasteiger partial charge is 0.231 e. The number of unbranched alkanes of at least 4 members (excludes halogenated alkanes) is 1. The molecule has 188 valence electrons. The zero-order valence-corrected chi connectivity index (χ0v) is 20.3. The first kappa shape index (κ1) is 24.7. The van der Waals surface area contributed by atoms with Crippen molar-refractivity contribution >= 4 is 34.5 Å². The molecule has 10 heteroatoms. The number of amides is 1. The zero-order valence-electron chi connectivity index (χ0n) is 20.3. The molecule has 35 heavy (non-hydrogen) atoms. The Balaban J connectivity index is 1.32. The number of benzene rings is 1. The Bertz CT molecular complexity index is 1110. The van der Waals surface area contributed by atoms with Crippen LogP contribution in [-0.2, 0) is 4.79 Å². The number of carbonyl (C=O) groups excluding carboxylic acids is 1. The van der Waals surface area contributed by atoms with Crippen LogP contribution < -0.4 is 20.7 Å². The van der Waals surface area contributed by atoms with Crippen LogP contribution in [0, 0.1) is 6.92 Å². The molecule has 10 nitrogen and oxygen atoms in total. The van der Waals surface area contributed by atoms with Gasteiger partial charge in [-0.25, -0.2) is 4.98 Å². The highest BCUT2D eigenvalue weighted by Crippen LogP contribution is 2.28. The van der Waals surface area contributed by atoms with Gasteiger partial charge in [-0.3, -0.25) is 4.79 Å². The molecule has 0 bridgehead atoms. The van der Waals surface area contributed by atoms with E-state index >= 15 is 0 Å². The summed E-state index contributed by atoms with van der Waals surface area (Å²) >= 11 is 0. The summed E-state index contributed by atoms with van der Waals surface area (Å²) in [6.45, 7) is 3.04. The van der Waals surface area contributed by atoms with E-state index < -0.39 is 0 Å². The fourth-order valence-corrected chi connectivity index (χ4v) is 4.26. The first-order chi connectivity index (χ1) is 17.1. The highest BCUT2D eigenvalue weighted by atomic mass is 16.5. The van der Waals surface area contributed by atoms with Crippen LogP contribution in [0.4, 0.5) is 17.5 Å². The molecule has 1 aliphatic rings. The molecule has 5 N–H and O–H groups in total. The lowest BCUT2D eigenvalue weighted by atomic mass is 9.95. The van der Waals surface area contributed by atoms with E-state index in [9.17, 15) is 4.79 Å². The van der Waals surface area contributed by atoms with Gasteiger partial charge in [0.15, 0.2) is 11.5 Å². The average molecular weight is 482 g/mol. The van der Waals surface area contributed by atoms with Gasteiger partial charge in [0.25, 0.3) is 0 Å². The largest absolute Gasteiger partial charge is 0.494 e. The predicted octanol–water partition coefficient (Wildman–Crippen LogP) is 3.81. The number of anilines is 3. The monoisotopic (exact) mass is 481 g/mol. The summed E-state index contributed by atoms with van der Waals surface area (Å²) in [5.41, 5.74) is 3.38. The molecule has 0 radical (unpaired) electrons. The number of hydrogen-bond acceptors (Lipinski definition) is 8. The zero-order chi connectivity index (χ0) is 24.5. The van der Waals surface area contributed by atoms with Crippen LogP contribution in [0.1, 0.15) is 56.9 Å². The lowest BCUT2D eigenvalue weighted by molar-refractivity contribution is -0.121. The van der Waals surface area contributed by atoms with Gasteiger partial charge in [0.05, 0.1) is 19.5 Å². The van der Waals surface area contributed by atoms with E-state index in [0.29, 0.717) is 30.8 Å². The molecule has 1 fully saturated rings. The van der Waals surface area contributed by atoms with E-state index in [-0.39, 0.29) is 18.9 Å². The van der Waals surface area contributed by atoms with Crippen molar-refractivity contribution in [3.63, 3.8) is 0 Å². The minimum atomic E-state index is -0.126. The molecule has 0 saturated heterocycles. The van der Waals surface area contributed by atoms with E-state index in [1.54, 1.807) is 6.33 Å². The Morgan fingerprint density at radius 2 is 2.06 bits per heavy atom. The summed E-state index contributed by atoms with van der Waals surface area (Å²) in [5, 5.41) is 18.4. The Kier molecular flexibility index (Phi) is 8.72. The lowest BCUT2D eigenvalue weighted by Gasteiger charge is -2.23. The van der Waals surface area contributed by atoms with Crippen LogP contribution in [0.25, 0.3) is 11.2 Å². The highest BCUT2D eigenvalue weighted by Gasteiger charge is 2.17. The van der Waals surface area contributed by atoms with Gasteiger partial charge < -0.3 is 30.8 Å². The minimum absolute atomic E-state index is 0.124. The maximum atomic E-state index is 11.3. The number of nitrogens with zero attached hydrogens (tertiary/aromatic N) is 3. The number of carbonyl (C=O) groups is 1. The normalized spacial score (nSPS) is 14.1. The van der Waals surface area contributed by atoms with Gasteiger partial charge >= 0.3 is 0 Å². The number of fused-ring (bicyclic) bond motifs is 1. The third-order valence-corrected chi connectivity index (χ3v) is 6.18. The summed E-state index contributed by atoms with van der Waals surface area (Å²) < 4.78 is 5.86. The van der Waals surface area contributed by atoms with Crippen molar-refractivity contribution in [2.75, 3.05) is 30.4 Å². The second-order valence-electron chi connectivity index (χ2n) is 8.96. The molecule has 0 unspecified atom stereocenters. The Morgan fingerprint density at radius 1 is 1.20 bits per heavy atom. The Morgan fingerprint density at radius 3 is 2.86 bits per heavy atom. The molecular formula is C25H35N7O3. The molecule has 3 aromatic rings. The summed E-state index contributed by atoms with van der Waals surface area (Å²) in [7, 11) is 0. The molecular weight excluding hydrogens is 446 g/mol. The molecule has 1 aliphatic carbocycles. The maximum absolute atomic E-state index is 11.3. The van der Waals surface area contributed by atoms with Crippen molar-refractivity contribution in [3.05, 3.63) is 30.1 Å². The number of rotatable bonds is 12. The number of nitrogens with one attached hydrogen (secondary N) is 4. The van der Waals surface area contributed by atoms with Crippen molar-refractivity contribution in [3.8, 4) is 5.75 Å². The third-order valence-electron chi connectivity index (χ3n) is 6.18. The second-order valence-corrected chi connectivity index (χ2v) is 8.96. The summed E-state index contributed by atoms with van der Waals surface area (Å²) in [4.78, 5) is 28.2. The topological polar surface area (TPSA) is 137 Å². The minimum Gasteiger partial charge on any atom is -0.494 e. The first-order valence-electron chi connectivity index (χ1n) is 12.5. The average Bonchev–Trinajstić information content (AvgIpc) is 3.33. The van der Waals surface area contributed by atoms with Crippen molar-refractivity contribution in [2.24, 2.45) is 0 Å². The Hall–Kier alpha value is -3.40. The molecule has 4 rings (SSSR count). The molecule has 1 amide bonds. The SMILES string of the molecule is Cc1cc(OCCCCNC(=O)CCO)ccc1Nc1nc(NC2CCCCC2)c2[nH]cnc2n1. The molecule has 0 spiro atoms. The number of aromatic nitrogens is 4. The fraction of sp³-hybridized carbons (Fsp3) is 0.520. The van der Waals surface area contributed by atoms with Crippen LogP contribution in [0.15, 0.2) is 24.5 Å². The van der Waals surface area contributed by atoms with Crippen LogP contribution in [0.5, 0.6) is 5.75 Å². The standard InChI is InChI=1S/C25H35N7O3/c1-17-15-19(35-14-6-5-12-26-21(34)11-13-33)9-10-20(17)30-25-31-23-22(27-16-28-23)24(32-25)29-18-7-3-2-4-8-18/h9-10,15-16,18,33H,2-8,11-14H2,1H3,(H,26,34)(H3,27,28,29,30,31,32). The maximum Gasteiger partial charge on any atom is 0.231 e. The van der Waals surface area contributed by atoms with Crippen LogP contribution in [-0.4, -0.2) is 56.7 Å². The summed E-state index contributed by atoms with van der Waals surface area (Å²) in [6, 6.07) is 6.30. The third kappa shape index (κ3) is 7.05. The van der Waals surface area contributed by atoms with Crippen LogP contribution in [0.2, 0.25) is 0 Å². The molecule has 0 aliphatic heterocycles. The van der Waals surface area contributed by atoms with Gasteiger partial charge in [-0.2, -0.15) is 9.97 Å². The fourth-order valence-electron chi connectivity index (χ4n) is 4.26. The quantitative estimate of drug-likeness (QED) is 0.246. The van der Waals surface area contributed by atoms with Crippen LogP contribution >= 0.6 is 0 Å². The van der Waals surface area contributed by atoms with Crippen molar-refractivity contribution in [2.45, 2.75) is 64.3 Å². The number of aliphatic hydroxyl groups excluding tert-OH is 1.